The molecule has 0 aliphatic rings. The van der Waals surface area contributed by atoms with Crippen LogP contribution in [0.3, 0.4) is 0 Å². The first-order chi connectivity index (χ1) is 41.5. The molecule has 1 heterocycles. The van der Waals surface area contributed by atoms with Gasteiger partial charge in [0.1, 0.15) is 11.8 Å². The lowest BCUT2D eigenvalue weighted by Gasteiger charge is -2.46. The summed E-state index contributed by atoms with van der Waals surface area (Å²) in [6, 6.07) is 20.3. The Balaban J connectivity index is 0.000000266. The van der Waals surface area contributed by atoms with Crippen molar-refractivity contribution in [3.63, 3.8) is 0 Å². The molecule has 0 amide bonds. The van der Waals surface area contributed by atoms with Crippen LogP contribution in [-0.4, -0.2) is 16.9 Å². The van der Waals surface area contributed by atoms with E-state index in [0.717, 1.165) is 36.9 Å². The Morgan fingerprint density at radius 1 is 0.367 bits per heavy atom. The number of aryl methyl sites for hydroxylation is 2. The molecule has 28 heteroatoms. The van der Waals surface area contributed by atoms with Crippen LogP contribution < -0.4 is 26.4 Å². The second kappa shape index (κ2) is 24.7. The van der Waals surface area contributed by atoms with Crippen LogP contribution in [0, 0.1) is 0 Å². The van der Waals surface area contributed by atoms with Gasteiger partial charge in [-0.1, -0.05) is 127 Å². The molecule has 0 aliphatic carbocycles. The number of nitrogens with zero attached hydrogens (tertiary/aromatic N) is 2. The predicted molar refractivity (Wildman–Crippen MR) is 283 cm³/mol. The summed E-state index contributed by atoms with van der Waals surface area (Å²) in [6.07, 6.45) is -45.0. The van der Waals surface area contributed by atoms with E-state index < -0.39 is 195 Å². The number of Topliss-reactive ketones (excluding diaryl/α,β-unsaturated/α-hetero) is 1. The maximum Gasteiger partial charge on any atom is 0.416 e. The van der Waals surface area contributed by atoms with E-state index in [4.69, 9.17) is 0 Å². The Bertz CT molecular complexity index is 3590. The minimum atomic E-state index is -6.13. The average Bonchev–Trinajstić information content (AvgIpc) is 0.711. The van der Waals surface area contributed by atoms with E-state index in [-0.39, 0.29) is 5.78 Å². The number of aromatic nitrogens is 2. The zero-order valence-corrected chi connectivity index (χ0v) is 45.2. The van der Waals surface area contributed by atoms with Gasteiger partial charge in [0.25, 0.3) is 0 Å². The third-order valence-electron chi connectivity index (χ3n) is 14.7. The molecule has 0 bridgehead atoms. The maximum atomic E-state index is 14.2. The summed E-state index contributed by atoms with van der Waals surface area (Å²) in [5.41, 5.74) is -27.0. The summed E-state index contributed by atoms with van der Waals surface area (Å²) in [6.45, 7) is 0.335. The Morgan fingerprint density at radius 2 is 0.667 bits per heavy atom. The molecule has 90 heavy (non-hydrogen) atoms. The molecule has 0 fully saturated rings. The summed E-state index contributed by atoms with van der Waals surface area (Å²) in [5.74, 6) is 0.112. The lowest BCUT2D eigenvalue weighted by Crippen LogP contribution is -2.75. The Hall–Kier alpha value is -8.59. The first-order valence-corrected chi connectivity index (χ1v) is 26.2. The number of halogens is 24. The van der Waals surface area contributed by atoms with E-state index in [2.05, 4.69) is 59.6 Å². The molecule has 0 radical (unpaired) electrons. The van der Waals surface area contributed by atoms with Crippen LogP contribution in [0.1, 0.15) is 79.0 Å². The van der Waals surface area contributed by atoms with Crippen LogP contribution in [0.25, 0.3) is 21.5 Å². The van der Waals surface area contributed by atoms with Gasteiger partial charge in [0.15, 0.2) is 12.4 Å². The largest absolute Gasteiger partial charge is 0.416 e. The minimum Gasteiger partial charge on any atom is -0.287 e. The van der Waals surface area contributed by atoms with Crippen molar-refractivity contribution in [1.82, 2.24) is 4.98 Å². The van der Waals surface area contributed by atoms with Gasteiger partial charge < -0.3 is 0 Å². The summed E-state index contributed by atoms with van der Waals surface area (Å²) < 4.78 is 343. The third-order valence-corrected chi connectivity index (χ3v) is 14.7. The topological polar surface area (TPSA) is 33.8 Å². The number of hydrogen-bond acceptors (Lipinski definition) is 2. The van der Waals surface area contributed by atoms with E-state index in [0.29, 0.717) is 6.54 Å². The lowest BCUT2D eigenvalue weighted by molar-refractivity contribution is -0.684. The molecule has 0 saturated heterocycles. The predicted octanol–water partition coefficient (Wildman–Crippen LogP) is 17.3. The van der Waals surface area contributed by atoms with Gasteiger partial charge in [-0.25, -0.2) is 4.98 Å². The Kier molecular flexibility index (Phi) is 18.5. The maximum absolute atomic E-state index is 14.2. The number of unbranched alkanes of at least 4 members (excludes halogenated alkanes) is 1. The lowest BCUT2D eigenvalue weighted by atomic mass is 9.12. The normalized spacial score (nSPS) is 13.2. The molecule has 0 aliphatic heterocycles. The molecule has 0 saturated carbocycles. The van der Waals surface area contributed by atoms with Gasteiger partial charge in [0.2, 0.25) is 12.3 Å². The van der Waals surface area contributed by atoms with Gasteiger partial charge in [-0.15, -0.1) is 0 Å². The average molecular weight is 1290 g/mol. The fourth-order valence-electron chi connectivity index (χ4n) is 10.6. The highest BCUT2D eigenvalue weighted by atomic mass is 19.4. The highest BCUT2D eigenvalue weighted by Gasteiger charge is 2.47. The molecule has 0 atom stereocenters. The van der Waals surface area contributed by atoms with Crippen LogP contribution in [0.5, 0.6) is 0 Å². The first-order valence-electron chi connectivity index (χ1n) is 26.2. The van der Waals surface area contributed by atoms with Gasteiger partial charge in [-0.2, -0.15) is 132 Å². The quantitative estimate of drug-likeness (QED) is 0.0305. The Labute approximate surface area is 493 Å². The summed E-state index contributed by atoms with van der Waals surface area (Å²) in [5, 5.41) is 5.32. The van der Waals surface area contributed by atoms with Crippen molar-refractivity contribution >= 4 is 55.3 Å². The molecule has 9 rings (SSSR count). The fraction of sp³-hybridized carbons (Fsp3) is 0.210. The molecule has 474 valence electrons. The van der Waals surface area contributed by atoms with E-state index >= 15 is 0 Å². The summed E-state index contributed by atoms with van der Waals surface area (Å²) >= 11 is 0. The number of hydrogen-bond donors (Lipinski definition) is 0. The number of carbonyl (C=O) groups excluding carboxylic acids is 1. The van der Waals surface area contributed by atoms with Crippen molar-refractivity contribution in [3.05, 3.63) is 238 Å². The van der Waals surface area contributed by atoms with Crippen LogP contribution in [0.15, 0.2) is 176 Å². The third kappa shape index (κ3) is 15.3. The van der Waals surface area contributed by atoms with Gasteiger partial charge in [-0.3, -0.25) is 4.79 Å². The zero-order valence-electron chi connectivity index (χ0n) is 45.2. The van der Waals surface area contributed by atoms with E-state index in [1.807, 2.05) is 47.3 Å². The number of rotatable bonds is 12. The monoisotopic (exact) mass is 1290 g/mol. The number of ketones is 1. The van der Waals surface area contributed by atoms with Crippen LogP contribution >= 0.6 is 0 Å². The van der Waals surface area contributed by atoms with Crippen molar-refractivity contribution in [3.8, 4) is 0 Å². The number of alkyl halides is 24. The summed E-state index contributed by atoms with van der Waals surface area (Å²) in [7, 11) is 0. The fourth-order valence-corrected chi connectivity index (χ4v) is 10.6. The molecular weight excluding hydrogens is 1260 g/mol. The second-order valence-corrected chi connectivity index (χ2v) is 20.7. The van der Waals surface area contributed by atoms with E-state index in [1.165, 1.54) is 27.1 Å². The molecule has 9 aromatic rings. The SMILES string of the molecule is FC(F)(F)c1cc([B-](c2cc(C(F)(F)F)cc(C(F)(F)F)c2)(c2cc(C(F)(F)F)cc(C(F)(F)F)c2)c2cc(C(F)(F)F)cc(C(F)(F)F)c2)cc(C(F)(F)F)c1.O=C(C[n+]1ccnc(CCCCc2c3ccccc3cc3ccccc23)c1)c1ccccc1. The van der Waals surface area contributed by atoms with Crippen molar-refractivity contribution in [2.24, 2.45) is 0 Å². The second-order valence-electron chi connectivity index (χ2n) is 20.7. The molecule has 1 aromatic heterocycles. The van der Waals surface area contributed by atoms with Crippen molar-refractivity contribution in [2.45, 2.75) is 81.6 Å². The van der Waals surface area contributed by atoms with Crippen molar-refractivity contribution < 1.29 is 115 Å². The smallest absolute Gasteiger partial charge is 0.287 e. The minimum absolute atomic E-state index is 0.112. The van der Waals surface area contributed by atoms with Gasteiger partial charge in [-0.05, 0) is 83.1 Å². The van der Waals surface area contributed by atoms with Gasteiger partial charge in [0.05, 0.1) is 50.7 Å². The van der Waals surface area contributed by atoms with Crippen molar-refractivity contribution in [1.29, 1.82) is 0 Å². The number of carbonyl (C=O) groups is 1. The number of benzene rings is 8. The molecule has 0 unspecified atom stereocenters. The first kappa shape index (κ1) is 67.3. The van der Waals surface area contributed by atoms with Crippen molar-refractivity contribution in [2.75, 3.05) is 0 Å². The zero-order chi connectivity index (χ0) is 66.4. The molecule has 0 N–H and O–H groups in total. The molecular formula is C62H39BF24N2O. The van der Waals surface area contributed by atoms with E-state index in [1.54, 1.807) is 6.20 Å². The highest BCUT2D eigenvalue weighted by Crippen LogP contribution is 2.42. The molecule has 3 nitrogen and oxygen atoms in total. The van der Waals surface area contributed by atoms with E-state index in [9.17, 15) is 110 Å². The Morgan fingerprint density at radius 3 is 0.989 bits per heavy atom. The van der Waals surface area contributed by atoms with Gasteiger partial charge >= 0.3 is 49.4 Å². The van der Waals surface area contributed by atoms with Gasteiger partial charge in [0, 0.05) is 5.56 Å². The molecule has 8 aromatic carbocycles. The standard InChI is InChI=1S/C32H12BF24.C30H27N2O/c34-25(35,36)13-1-14(26(37,38)39)6-21(5-13)33(22-7-15(27(40,41)42)2-16(8-22)28(43,44)45,23-9-17(29(46,47)48)3-18(10-23)30(49,50)51)24-11-19(31(52,53)54)4-20(12-24)32(55,56)57;33-30(23-10-2-1-3-11-23)22-32-19-18-31-26(21-32)14-6-9-17-29-27-15-7-4-12-24(27)20-25-13-5-8-16-28(25)29/h1-12H;1-5,7-8,10-13,15-16,18-21H,6,9,14,17,22H2/q-1;+1. The number of fused-ring (bicyclic) bond motifs is 2. The highest BCUT2D eigenvalue weighted by molar-refractivity contribution is 7.20. The van der Waals surface area contributed by atoms with Crippen LogP contribution in [-0.2, 0) is 68.8 Å². The summed E-state index contributed by atoms with van der Waals surface area (Å²) in [4.78, 5) is 17.0. The molecule has 0 spiro atoms. The van der Waals surface area contributed by atoms with Crippen LogP contribution in [0.4, 0.5) is 105 Å². The van der Waals surface area contributed by atoms with Crippen LogP contribution in [0.2, 0.25) is 0 Å².